The smallest absolute Gasteiger partial charge is 0.271 e. The Hall–Kier alpha value is -4.28. The molecular formula is C36H37F2N5O2SSi. The van der Waals surface area contributed by atoms with Crippen molar-refractivity contribution in [2.75, 3.05) is 6.54 Å². The predicted molar refractivity (Wildman–Crippen MR) is 187 cm³/mol. The Morgan fingerprint density at radius 3 is 2.11 bits per heavy atom. The van der Waals surface area contributed by atoms with E-state index in [1.807, 2.05) is 66.7 Å². The van der Waals surface area contributed by atoms with Crippen molar-refractivity contribution < 1.29 is 18.0 Å². The van der Waals surface area contributed by atoms with Crippen LogP contribution in [0.15, 0.2) is 119 Å². The molecule has 0 aromatic heterocycles. The van der Waals surface area contributed by atoms with Crippen molar-refractivity contribution in [3.8, 4) is 0 Å². The largest absolute Gasteiger partial charge is 0.396 e. The minimum absolute atomic E-state index is 0.0405. The summed E-state index contributed by atoms with van der Waals surface area (Å²) >= 11 is 1.18. The maximum absolute atomic E-state index is 15.2. The highest BCUT2D eigenvalue weighted by atomic mass is 32.2. The second-order valence-corrected chi connectivity index (χ2v) is 17.9. The number of amides is 1. The van der Waals surface area contributed by atoms with Crippen LogP contribution in [-0.4, -0.2) is 36.9 Å². The second kappa shape index (κ2) is 14.2. The molecule has 0 radical (unpaired) electrons. The summed E-state index contributed by atoms with van der Waals surface area (Å²) in [5.41, 5.74) is 9.64. The minimum atomic E-state index is -3.15. The molecule has 5 rings (SSSR count). The van der Waals surface area contributed by atoms with Crippen molar-refractivity contribution >= 4 is 41.4 Å². The van der Waals surface area contributed by atoms with Gasteiger partial charge in [-0.05, 0) is 64.5 Å². The fourth-order valence-corrected chi connectivity index (χ4v) is 12.3. The number of hydrazone groups is 1. The summed E-state index contributed by atoms with van der Waals surface area (Å²) < 4.78 is 36.8. The molecule has 0 spiro atoms. The van der Waals surface area contributed by atoms with Crippen LogP contribution in [0.2, 0.25) is 5.04 Å². The molecule has 242 valence electrons. The molecule has 11 heteroatoms. The average molecular weight is 670 g/mol. The van der Waals surface area contributed by atoms with Gasteiger partial charge in [-0.2, -0.15) is 5.10 Å². The lowest BCUT2D eigenvalue weighted by Crippen LogP contribution is -2.68. The van der Waals surface area contributed by atoms with Crippen LogP contribution in [-0.2, 0) is 14.1 Å². The summed E-state index contributed by atoms with van der Waals surface area (Å²) in [5.74, 6) is -1.70. The highest BCUT2D eigenvalue weighted by molar-refractivity contribution is 8.15. The molecule has 0 bridgehead atoms. The summed E-state index contributed by atoms with van der Waals surface area (Å²) in [6.45, 7) is 8.32. The standard InChI is InChI=1S/C36H37F2N5O2SSi/c1-26(45-47(35(2,3)4,29-17-10-6-11-18-29)30-19-12-7-13-20-30)34(44)43-36(23-14-24-40-42-39,27-15-8-5-9-16-27)46-33(41-43)31-25-28(37)21-22-32(31)38/h5-13,15-22,25-26H,14,23-24H2,1-4H3. The van der Waals surface area contributed by atoms with Crippen LogP contribution in [0.1, 0.15) is 51.7 Å². The Morgan fingerprint density at radius 1 is 0.979 bits per heavy atom. The number of carbonyl (C=O) groups is 1. The number of halogens is 2. The fraction of sp³-hybridized carbons (Fsp3) is 0.278. The Morgan fingerprint density at radius 2 is 1.55 bits per heavy atom. The van der Waals surface area contributed by atoms with Crippen LogP contribution in [0.4, 0.5) is 8.78 Å². The Kier molecular flexibility index (Phi) is 10.3. The first-order valence-electron chi connectivity index (χ1n) is 15.5. The van der Waals surface area contributed by atoms with E-state index in [4.69, 9.17) is 15.1 Å². The zero-order chi connectivity index (χ0) is 33.7. The van der Waals surface area contributed by atoms with Crippen LogP contribution in [0.25, 0.3) is 10.4 Å². The number of nitrogens with zero attached hydrogens (tertiary/aromatic N) is 5. The van der Waals surface area contributed by atoms with Gasteiger partial charge >= 0.3 is 0 Å². The summed E-state index contributed by atoms with van der Waals surface area (Å²) in [7, 11) is -3.15. The van der Waals surface area contributed by atoms with E-state index in [9.17, 15) is 9.18 Å². The molecule has 1 heterocycles. The van der Waals surface area contributed by atoms with Gasteiger partial charge in [0.2, 0.25) is 0 Å². The molecule has 1 aliphatic heterocycles. The summed E-state index contributed by atoms with van der Waals surface area (Å²) in [6.07, 6.45) is -0.251. The quantitative estimate of drug-likeness (QED) is 0.0531. The van der Waals surface area contributed by atoms with Crippen molar-refractivity contribution in [2.45, 2.75) is 56.5 Å². The number of carbonyl (C=O) groups excluding carboxylic acids is 1. The lowest BCUT2D eigenvalue weighted by molar-refractivity contribution is -0.142. The van der Waals surface area contributed by atoms with Crippen molar-refractivity contribution in [1.82, 2.24) is 5.01 Å². The van der Waals surface area contributed by atoms with Gasteiger partial charge in [-0.15, -0.1) is 0 Å². The molecule has 7 nitrogen and oxygen atoms in total. The van der Waals surface area contributed by atoms with Crippen molar-refractivity contribution in [3.05, 3.63) is 142 Å². The van der Waals surface area contributed by atoms with E-state index in [2.05, 4.69) is 55.1 Å². The summed E-state index contributed by atoms with van der Waals surface area (Å²) in [4.78, 5) is 16.6. The van der Waals surface area contributed by atoms with Gasteiger partial charge in [0, 0.05) is 17.0 Å². The second-order valence-electron chi connectivity index (χ2n) is 12.4. The number of benzene rings is 4. The third-order valence-electron chi connectivity index (χ3n) is 8.35. The molecule has 4 aromatic rings. The number of hydrogen-bond acceptors (Lipinski definition) is 5. The number of hydrogen-bond donors (Lipinski definition) is 0. The maximum Gasteiger partial charge on any atom is 0.271 e. The van der Waals surface area contributed by atoms with E-state index in [1.54, 1.807) is 6.92 Å². The van der Waals surface area contributed by atoms with Gasteiger partial charge in [0.05, 0.1) is 0 Å². The molecule has 2 atom stereocenters. The van der Waals surface area contributed by atoms with Crippen LogP contribution in [0, 0.1) is 11.6 Å². The molecule has 4 aromatic carbocycles. The van der Waals surface area contributed by atoms with Crippen molar-refractivity contribution in [1.29, 1.82) is 0 Å². The third kappa shape index (κ3) is 6.75. The molecule has 2 unspecified atom stereocenters. The fourth-order valence-electron chi connectivity index (χ4n) is 6.19. The van der Waals surface area contributed by atoms with E-state index >= 15 is 4.39 Å². The normalized spacial score (nSPS) is 17.1. The minimum Gasteiger partial charge on any atom is -0.396 e. The van der Waals surface area contributed by atoms with Gasteiger partial charge in [-0.25, -0.2) is 13.8 Å². The highest BCUT2D eigenvalue weighted by Gasteiger charge is 2.54. The number of azide groups is 1. The van der Waals surface area contributed by atoms with Crippen molar-refractivity contribution in [2.24, 2.45) is 10.2 Å². The molecule has 0 aliphatic carbocycles. The lowest BCUT2D eigenvalue weighted by atomic mass is 10.00. The highest BCUT2D eigenvalue weighted by Crippen LogP contribution is 2.51. The number of rotatable bonds is 11. The van der Waals surface area contributed by atoms with E-state index in [-0.39, 0.29) is 17.2 Å². The average Bonchev–Trinajstić information content (AvgIpc) is 3.47. The van der Waals surface area contributed by atoms with E-state index < -0.39 is 41.9 Å². The molecule has 0 N–H and O–H groups in total. The van der Waals surface area contributed by atoms with Gasteiger partial charge in [0.1, 0.15) is 27.7 Å². The first-order chi connectivity index (χ1) is 22.5. The molecule has 0 fully saturated rings. The van der Waals surface area contributed by atoms with E-state index in [0.717, 1.165) is 34.1 Å². The predicted octanol–water partition coefficient (Wildman–Crippen LogP) is 8.11. The molecule has 0 saturated carbocycles. The Balaban J connectivity index is 1.65. The summed E-state index contributed by atoms with van der Waals surface area (Å²) in [5, 5.41) is 11.6. The molecule has 0 saturated heterocycles. The summed E-state index contributed by atoms with van der Waals surface area (Å²) in [6, 6.07) is 32.6. The van der Waals surface area contributed by atoms with Gasteiger partial charge in [-0.3, -0.25) is 4.79 Å². The van der Waals surface area contributed by atoms with Gasteiger partial charge in [-0.1, -0.05) is 129 Å². The zero-order valence-electron chi connectivity index (χ0n) is 26.8. The maximum atomic E-state index is 15.2. The van der Waals surface area contributed by atoms with Gasteiger partial charge < -0.3 is 4.43 Å². The van der Waals surface area contributed by atoms with E-state index in [1.165, 1.54) is 16.8 Å². The SMILES string of the molecule is CC(O[Si](c1ccccc1)(c1ccccc1)C(C)(C)C)C(=O)N1N=C(c2cc(F)ccc2F)SC1(CCCN=[N+]=[N-])c1ccccc1. The first-order valence-corrected chi connectivity index (χ1v) is 18.2. The molecular weight excluding hydrogens is 633 g/mol. The number of thioether (sulfide) groups is 1. The first kappa shape index (κ1) is 34.1. The van der Waals surface area contributed by atoms with Gasteiger partial charge in [0.25, 0.3) is 14.2 Å². The Labute approximate surface area is 279 Å². The van der Waals surface area contributed by atoms with Crippen molar-refractivity contribution in [3.63, 3.8) is 0 Å². The molecule has 1 amide bonds. The van der Waals surface area contributed by atoms with Gasteiger partial charge in [0.15, 0.2) is 0 Å². The van der Waals surface area contributed by atoms with Crippen LogP contribution < -0.4 is 10.4 Å². The lowest BCUT2D eigenvalue weighted by Gasteiger charge is -2.45. The van der Waals surface area contributed by atoms with Crippen LogP contribution in [0.3, 0.4) is 0 Å². The monoisotopic (exact) mass is 669 g/mol. The zero-order valence-corrected chi connectivity index (χ0v) is 28.6. The topological polar surface area (TPSA) is 90.7 Å². The van der Waals surface area contributed by atoms with Crippen LogP contribution in [0.5, 0.6) is 0 Å². The molecule has 47 heavy (non-hydrogen) atoms. The Bertz CT molecular complexity index is 1740. The van der Waals surface area contributed by atoms with E-state index in [0.29, 0.717) is 12.8 Å². The third-order valence-corrected chi connectivity index (χ3v) is 14.9. The van der Waals surface area contributed by atoms with Crippen LogP contribution >= 0.6 is 11.8 Å². The molecule has 1 aliphatic rings.